The standard InChI is InChI=1S/C25H41N7O4/c1-23(2)9-11-36-19-14(6-4-7-15(19)23)21(33)32-18-13-31-25(28,24(18,3)35)20(27)16(26)12-30-22(34)17-8-5-10-29-17/h4,6-7,16-18,20,29,31,35H,5,8-13,26-28H2,1-3H3,(H,30,34)(H,32,33)/t16?,17-,18?,20+,24-,25+/m1/s1. The Bertz CT molecular complexity index is 995. The summed E-state index contributed by atoms with van der Waals surface area (Å²) in [6, 6.07) is 2.92. The van der Waals surface area contributed by atoms with Gasteiger partial charge in [-0.2, -0.15) is 0 Å². The van der Waals surface area contributed by atoms with Gasteiger partial charge in [0.05, 0.1) is 30.3 Å². The topological polar surface area (TPSA) is 190 Å². The van der Waals surface area contributed by atoms with E-state index in [1.54, 1.807) is 6.07 Å². The van der Waals surface area contributed by atoms with Gasteiger partial charge in [0.2, 0.25) is 5.91 Å². The molecule has 2 amide bonds. The zero-order valence-corrected chi connectivity index (χ0v) is 21.4. The minimum absolute atomic E-state index is 0.106. The molecule has 36 heavy (non-hydrogen) atoms. The van der Waals surface area contributed by atoms with Crippen LogP contribution < -0.4 is 43.2 Å². The SMILES string of the molecule is CC1(C)CCOc2c(C(=O)NC3CN[C@@](N)([C@@H](N)C(N)CNC(=O)[C@H]4CCCN4)[C@]3(C)O)cccc21. The molecule has 0 saturated carbocycles. The number of carbonyl (C=O) groups excluding carboxylic acids is 2. The molecule has 2 fully saturated rings. The van der Waals surface area contributed by atoms with E-state index in [0.717, 1.165) is 31.4 Å². The van der Waals surface area contributed by atoms with Crippen molar-refractivity contribution < 1.29 is 19.4 Å². The highest BCUT2D eigenvalue weighted by Crippen LogP contribution is 2.40. The second-order valence-corrected chi connectivity index (χ2v) is 11.2. The lowest BCUT2D eigenvalue weighted by atomic mass is 9.78. The molecule has 0 aliphatic carbocycles. The first kappa shape index (κ1) is 26.8. The van der Waals surface area contributed by atoms with Crippen molar-refractivity contribution in [1.29, 1.82) is 0 Å². The van der Waals surface area contributed by atoms with Crippen LogP contribution in [-0.2, 0) is 10.2 Å². The summed E-state index contributed by atoms with van der Waals surface area (Å²) < 4.78 is 5.88. The second kappa shape index (κ2) is 9.88. The molecule has 0 bridgehead atoms. The van der Waals surface area contributed by atoms with Crippen LogP contribution in [0.25, 0.3) is 0 Å². The van der Waals surface area contributed by atoms with Crippen LogP contribution in [0.15, 0.2) is 18.2 Å². The van der Waals surface area contributed by atoms with Gasteiger partial charge < -0.3 is 43.0 Å². The summed E-state index contributed by atoms with van der Waals surface area (Å²) in [5.41, 5.74) is 17.5. The number of rotatable bonds is 7. The molecule has 0 aromatic heterocycles. The molecule has 0 radical (unpaired) electrons. The Balaban J connectivity index is 1.43. The highest BCUT2D eigenvalue weighted by Gasteiger charge is 2.59. The summed E-state index contributed by atoms with van der Waals surface area (Å²) in [5.74, 6) is 0.0752. The zero-order chi connectivity index (χ0) is 26.3. The molecule has 11 N–H and O–H groups in total. The van der Waals surface area contributed by atoms with Gasteiger partial charge in [0, 0.05) is 24.7 Å². The van der Waals surface area contributed by atoms with Crippen LogP contribution >= 0.6 is 0 Å². The number of fused-ring (bicyclic) bond motifs is 1. The van der Waals surface area contributed by atoms with Crippen LogP contribution in [0.3, 0.4) is 0 Å². The van der Waals surface area contributed by atoms with Crippen LogP contribution in [0.2, 0.25) is 0 Å². The number of nitrogens with two attached hydrogens (primary N) is 3. The summed E-state index contributed by atoms with van der Waals surface area (Å²) in [4.78, 5) is 25.6. The maximum atomic E-state index is 13.3. The van der Waals surface area contributed by atoms with E-state index >= 15 is 0 Å². The van der Waals surface area contributed by atoms with E-state index in [0.29, 0.717) is 17.9 Å². The third kappa shape index (κ3) is 4.71. The number of ether oxygens (including phenoxy) is 1. The molecular weight excluding hydrogens is 462 g/mol. The van der Waals surface area contributed by atoms with Gasteiger partial charge >= 0.3 is 0 Å². The summed E-state index contributed by atoms with van der Waals surface area (Å²) in [5, 5.41) is 23.4. The molecule has 4 rings (SSSR count). The molecule has 2 unspecified atom stereocenters. The predicted molar refractivity (Wildman–Crippen MR) is 136 cm³/mol. The zero-order valence-electron chi connectivity index (χ0n) is 21.4. The van der Waals surface area contributed by atoms with E-state index in [4.69, 9.17) is 21.9 Å². The van der Waals surface area contributed by atoms with Gasteiger partial charge in [-0.25, -0.2) is 0 Å². The average Bonchev–Trinajstić information content (AvgIpc) is 3.45. The van der Waals surface area contributed by atoms with E-state index in [1.807, 2.05) is 12.1 Å². The Morgan fingerprint density at radius 3 is 2.72 bits per heavy atom. The molecular formula is C25H41N7O4. The van der Waals surface area contributed by atoms with Gasteiger partial charge in [0.15, 0.2) is 0 Å². The number of aliphatic hydroxyl groups is 1. The van der Waals surface area contributed by atoms with Crippen LogP contribution in [0.5, 0.6) is 5.75 Å². The smallest absolute Gasteiger partial charge is 0.255 e. The fourth-order valence-electron chi connectivity index (χ4n) is 5.48. The Hall–Kier alpha value is -2.28. The Morgan fingerprint density at radius 2 is 2.03 bits per heavy atom. The summed E-state index contributed by atoms with van der Waals surface area (Å²) in [6.07, 6.45) is 2.58. The van der Waals surface area contributed by atoms with Crippen molar-refractivity contribution in [2.75, 3.05) is 26.2 Å². The van der Waals surface area contributed by atoms with Gasteiger partial charge in [0.1, 0.15) is 17.0 Å². The van der Waals surface area contributed by atoms with Crippen LogP contribution in [-0.4, -0.2) is 78.6 Å². The fourth-order valence-corrected chi connectivity index (χ4v) is 5.48. The first-order valence-electron chi connectivity index (χ1n) is 12.7. The van der Waals surface area contributed by atoms with Gasteiger partial charge in [-0.1, -0.05) is 26.0 Å². The van der Waals surface area contributed by atoms with Crippen molar-refractivity contribution in [3.05, 3.63) is 29.3 Å². The number of hydrogen-bond donors (Lipinski definition) is 8. The number of carbonyl (C=O) groups is 2. The number of benzene rings is 1. The average molecular weight is 504 g/mol. The minimum Gasteiger partial charge on any atom is -0.492 e. The van der Waals surface area contributed by atoms with Crippen LogP contribution in [0.4, 0.5) is 0 Å². The summed E-state index contributed by atoms with van der Waals surface area (Å²) in [6.45, 7) is 7.42. The normalized spacial score (nSPS) is 32.8. The number of amides is 2. The Morgan fingerprint density at radius 1 is 1.28 bits per heavy atom. The lowest BCUT2D eigenvalue weighted by Gasteiger charge is -2.44. The largest absolute Gasteiger partial charge is 0.492 e. The fraction of sp³-hybridized carbons (Fsp3) is 0.680. The van der Waals surface area contributed by atoms with E-state index < -0.39 is 29.4 Å². The van der Waals surface area contributed by atoms with E-state index in [2.05, 4.69) is 35.1 Å². The quantitative estimate of drug-likeness (QED) is 0.216. The van der Waals surface area contributed by atoms with Crippen molar-refractivity contribution in [2.24, 2.45) is 17.2 Å². The van der Waals surface area contributed by atoms with Gasteiger partial charge in [-0.15, -0.1) is 0 Å². The Kier molecular flexibility index (Phi) is 7.35. The molecule has 11 nitrogen and oxygen atoms in total. The van der Waals surface area contributed by atoms with Crippen LogP contribution in [0, 0.1) is 0 Å². The predicted octanol–water partition coefficient (Wildman–Crippen LogP) is -1.62. The summed E-state index contributed by atoms with van der Waals surface area (Å²) >= 11 is 0. The molecule has 1 aromatic rings. The van der Waals surface area contributed by atoms with Gasteiger partial charge in [0.25, 0.3) is 5.91 Å². The van der Waals surface area contributed by atoms with E-state index in [1.165, 1.54) is 6.92 Å². The molecule has 6 atom stereocenters. The van der Waals surface area contributed by atoms with E-state index in [-0.39, 0.29) is 36.4 Å². The van der Waals surface area contributed by atoms with Crippen molar-refractivity contribution in [1.82, 2.24) is 21.3 Å². The number of para-hydroxylation sites is 1. The molecule has 3 aliphatic rings. The van der Waals surface area contributed by atoms with Crippen molar-refractivity contribution >= 4 is 11.8 Å². The number of hydrogen-bond acceptors (Lipinski definition) is 9. The van der Waals surface area contributed by atoms with Crippen LogP contribution in [0.1, 0.15) is 56.0 Å². The first-order valence-corrected chi connectivity index (χ1v) is 12.7. The maximum absolute atomic E-state index is 13.3. The van der Waals surface area contributed by atoms with Crippen molar-refractivity contribution in [3.8, 4) is 5.75 Å². The monoisotopic (exact) mass is 503 g/mol. The first-order chi connectivity index (χ1) is 16.9. The molecule has 3 aliphatic heterocycles. The molecule has 2 saturated heterocycles. The van der Waals surface area contributed by atoms with Crippen molar-refractivity contribution in [3.63, 3.8) is 0 Å². The molecule has 1 aromatic carbocycles. The van der Waals surface area contributed by atoms with Gasteiger partial charge in [-0.05, 0) is 44.2 Å². The second-order valence-electron chi connectivity index (χ2n) is 11.2. The molecule has 0 spiro atoms. The minimum atomic E-state index is -1.63. The molecule has 200 valence electrons. The maximum Gasteiger partial charge on any atom is 0.255 e. The molecule has 11 heteroatoms. The van der Waals surface area contributed by atoms with E-state index in [9.17, 15) is 14.7 Å². The third-order valence-electron chi connectivity index (χ3n) is 8.26. The Labute approximate surface area is 212 Å². The number of nitrogens with one attached hydrogen (secondary N) is 4. The third-order valence-corrected chi connectivity index (χ3v) is 8.26. The molecule has 3 heterocycles. The van der Waals surface area contributed by atoms with Gasteiger partial charge in [-0.3, -0.25) is 14.9 Å². The van der Waals surface area contributed by atoms with Crippen molar-refractivity contribution in [2.45, 2.75) is 80.9 Å². The lowest BCUT2D eigenvalue weighted by Crippen LogP contribution is -2.78. The summed E-state index contributed by atoms with van der Waals surface area (Å²) in [7, 11) is 0. The highest BCUT2D eigenvalue weighted by atomic mass is 16.5. The lowest BCUT2D eigenvalue weighted by molar-refractivity contribution is -0.122. The highest BCUT2D eigenvalue weighted by molar-refractivity contribution is 5.98.